The molecule has 19 heavy (non-hydrogen) atoms. The number of hydrogen-bond acceptors (Lipinski definition) is 3. The van der Waals surface area contributed by atoms with Gasteiger partial charge in [0.2, 0.25) is 0 Å². The highest BCUT2D eigenvalue weighted by atomic mass is 15.2. The minimum Gasteiger partial charge on any atom is -0.354 e. The van der Waals surface area contributed by atoms with E-state index in [9.17, 15) is 0 Å². The van der Waals surface area contributed by atoms with E-state index >= 15 is 0 Å². The second-order valence-electron chi connectivity index (χ2n) is 6.03. The molecule has 0 aromatic carbocycles. The molecule has 3 heteroatoms. The van der Waals surface area contributed by atoms with Crippen LogP contribution in [-0.2, 0) is 6.54 Å². The summed E-state index contributed by atoms with van der Waals surface area (Å²) in [5, 5.41) is 3.47. The molecule has 0 bridgehead atoms. The molecule has 106 valence electrons. The third-order valence-corrected chi connectivity index (χ3v) is 3.59. The van der Waals surface area contributed by atoms with Crippen molar-refractivity contribution >= 4 is 5.82 Å². The SMILES string of the molecule is CCN(c1ncc(CNCC(C)C)cc1C)C1CC1. The Kier molecular flexibility index (Phi) is 4.81. The van der Waals surface area contributed by atoms with Gasteiger partial charge in [-0.1, -0.05) is 13.8 Å². The van der Waals surface area contributed by atoms with E-state index in [1.165, 1.54) is 29.8 Å². The average molecular weight is 261 g/mol. The van der Waals surface area contributed by atoms with Crippen molar-refractivity contribution in [1.82, 2.24) is 10.3 Å². The molecule has 0 aliphatic heterocycles. The number of rotatable bonds is 7. The maximum atomic E-state index is 4.69. The average Bonchev–Trinajstić information content (AvgIpc) is 3.17. The Morgan fingerprint density at radius 1 is 1.42 bits per heavy atom. The van der Waals surface area contributed by atoms with Gasteiger partial charge in [-0.25, -0.2) is 4.98 Å². The van der Waals surface area contributed by atoms with Gasteiger partial charge in [0.05, 0.1) is 0 Å². The van der Waals surface area contributed by atoms with Gasteiger partial charge < -0.3 is 10.2 Å². The molecule has 1 aromatic heterocycles. The lowest BCUT2D eigenvalue weighted by Crippen LogP contribution is -2.27. The van der Waals surface area contributed by atoms with E-state index in [2.05, 4.69) is 44.0 Å². The number of aromatic nitrogens is 1. The Labute approximate surface area is 117 Å². The molecule has 0 radical (unpaired) electrons. The molecule has 3 nitrogen and oxygen atoms in total. The van der Waals surface area contributed by atoms with E-state index in [4.69, 9.17) is 4.98 Å². The molecule has 0 saturated heterocycles. The van der Waals surface area contributed by atoms with Crippen molar-refractivity contribution in [1.29, 1.82) is 0 Å². The Bertz CT molecular complexity index is 410. The summed E-state index contributed by atoms with van der Waals surface area (Å²) in [6.45, 7) is 11.9. The van der Waals surface area contributed by atoms with Crippen LogP contribution >= 0.6 is 0 Å². The molecule has 1 fully saturated rings. The number of aryl methyl sites for hydroxylation is 1. The van der Waals surface area contributed by atoms with E-state index in [0.717, 1.165) is 25.7 Å². The summed E-state index contributed by atoms with van der Waals surface area (Å²) in [5.41, 5.74) is 2.59. The molecule has 1 saturated carbocycles. The van der Waals surface area contributed by atoms with Crippen LogP contribution < -0.4 is 10.2 Å². The summed E-state index contributed by atoms with van der Waals surface area (Å²) >= 11 is 0. The van der Waals surface area contributed by atoms with Gasteiger partial charge in [-0.15, -0.1) is 0 Å². The van der Waals surface area contributed by atoms with Crippen molar-refractivity contribution in [2.75, 3.05) is 18.0 Å². The second kappa shape index (κ2) is 6.38. The van der Waals surface area contributed by atoms with Crippen LogP contribution in [-0.4, -0.2) is 24.1 Å². The fraction of sp³-hybridized carbons (Fsp3) is 0.688. The quantitative estimate of drug-likeness (QED) is 0.817. The Balaban J connectivity index is 1.99. The third-order valence-electron chi connectivity index (χ3n) is 3.59. The Morgan fingerprint density at radius 3 is 2.68 bits per heavy atom. The molecule has 1 heterocycles. The largest absolute Gasteiger partial charge is 0.354 e. The number of anilines is 1. The zero-order valence-electron chi connectivity index (χ0n) is 12.7. The normalized spacial score (nSPS) is 15.0. The highest BCUT2D eigenvalue weighted by Gasteiger charge is 2.29. The summed E-state index contributed by atoms with van der Waals surface area (Å²) in [5.74, 6) is 1.87. The maximum Gasteiger partial charge on any atom is 0.131 e. The number of nitrogens with zero attached hydrogens (tertiary/aromatic N) is 2. The first-order valence-electron chi connectivity index (χ1n) is 7.54. The van der Waals surface area contributed by atoms with Crippen molar-refractivity contribution in [3.8, 4) is 0 Å². The molecule has 1 N–H and O–H groups in total. The van der Waals surface area contributed by atoms with Crippen molar-refractivity contribution in [2.24, 2.45) is 5.92 Å². The van der Waals surface area contributed by atoms with E-state index in [1.807, 2.05) is 6.20 Å². The molecule has 2 rings (SSSR count). The fourth-order valence-electron chi connectivity index (χ4n) is 2.50. The number of nitrogens with one attached hydrogen (secondary N) is 1. The number of pyridine rings is 1. The monoisotopic (exact) mass is 261 g/mol. The van der Waals surface area contributed by atoms with Gasteiger partial charge in [-0.3, -0.25) is 0 Å². The van der Waals surface area contributed by atoms with Crippen molar-refractivity contribution < 1.29 is 0 Å². The van der Waals surface area contributed by atoms with Crippen LogP contribution in [0.15, 0.2) is 12.3 Å². The molecule has 0 spiro atoms. The topological polar surface area (TPSA) is 28.2 Å². The second-order valence-corrected chi connectivity index (χ2v) is 6.03. The molecule has 1 aromatic rings. The smallest absolute Gasteiger partial charge is 0.131 e. The molecular weight excluding hydrogens is 234 g/mol. The summed E-state index contributed by atoms with van der Waals surface area (Å²) in [4.78, 5) is 7.14. The summed E-state index contributed by atoms with van der Waals surface area (Å²) in [7, 11) is 0. The zero-order chi connectivity index (χ0) is 13.8. The molecule has 1 aliphatic carbocycles. The molecular formula is C16H27N3. The van der Waals surface area contributed by atoms with Gasteiger partial charge >= 0.3 is 0 Å². The highest BCUT2D eigenvalue weighted by Crippen LogP contribution is 2.31. The first-order valence-corrected chi connectivity index (χ1v) is 7.54. The van der Waals surface area contributed by atoms with Crippen molar-refractivity contribution in [3.05, 3.63) is 23.4 Å². The van der Waals surface area contributed by atoms with Gasteiger partial charge in [0.25, 0.3) is 0 Å². The van der Waals surface area contributed by atoms with Gasteiger partial charge in [-0.2, -0.15) is 0 Å². The zero-order valence-corrected chi connectivity index (χ0v) is 12.7. The van der Waals surface area contributed by atoms with Crippen LogP contribution in [0.1, 0.15) is 44.7 Å². The lowest BCUT2D eigenvalue weighted by Gasteiger charge is -2.23. The van der Waals surface area contributed by atoms with Crippen molar-refractivity contribution in [3.63, 3.8) is 0 Å². The fourth-order valence-corrected chi connectivity index (χ4v) is 2.50. The molecule has 0 amide bonds. The molecule has 1 aliphatic rings. The maximum absolute atomic E-state index is 4.69. The summed E-state index contributed by atoms with van der Waals surface area (Å²) in [6, 6.07) is 3.02. The Morgan fingerprint density at radius 2 is 2.16 bits per heavy atom. The molecule has 0 unspecified atom stereocenters. The standard InChI is InChI=1S/C16H27N3/c1-5-19(15-6-7-15)16-13(4)8-14(11-18-16)10-17-9-12(2)3/h8,11-12,15,17H,5-7,9-10H2,1-4H3. The minimum absolute atomic E-state index is 0.693. The van der Waals surface area contributed by atoms with Gasteiger partial charge in [-0.05, 0) is 56.3 Å². The predicted molar refractivity (Wildman–Crippen MR) is 81.6 cm³/mol. The van der Waals surface area contributed by atoms with E-state index in [-0.39, 0.29) is 0 Å². The summed E-state index contributed by atoms with van der Waals surface area (Å²) < 4.78 is 0. The predicted octanol–water partition coefficient (Wildman–Crippen LogP) is 3.12. The van der Waals surface area contributed by atoms with Crippen LogP contribution in [0, 0.1) is 12.8 Å². The first kappa shape index (κ1) is 14.3. The van der Waals surface area contributed by atoms with Crippen LogP contribution in [0.2, 0.25) is 0 Å². The molecule has 0 atom stereocenters. The van der Waals surface area contributed by atoms with Crippen LogP contribution in [0.25, 0.3) is 0 Å². The lowest BCUT2D eigenvalue weighted by molar-refractivity contribution is 0.551. The van der Waals surface area contributed by atoms with Gasteiger partial charge in [0.15, 0.2) is 0 Å². The minimum atomic E-state index is 0.693. The van der Waals surface area contributed by atoms with Crippen LogP contribution in [0.4, 0.5) is 5.82 Å². The highest BCUT2D eigenvalue weighted by molar-refractivity contribution is 5.49. The van der Waals surface area contributed by atoms with E-state index < -0.39 is 0 Å². The number of hydrogen-bond donors (Lipinski definition) is 1. The summed E-state index contributed by atoms with van der Waals surface area (Å²) in [6.07, 6.45) is 4.68. The van der Waals surface area contributed by atoms with E-state index in [0.29, 0.717) is 5.92 Å². The van der Waals surface area contributed by atoms with Crippen molar-refractivity contribution in [2.45, 2.75) is 53.1 Å². The van der Waals surface area contributed by atoms with Gasteiger partial charge in [0.1, 0.15) is 5.82 Å². The van der Waals surface area contributed by atoms with Gasteiger partial charge in [0, 0.05) is 25.3 Å². The van der Waals surface area contributed by atoms with Crippen LogP contribution in [0.5, 0.6) is 0 Å². The van der Waals surface area contributed by atoms with Crippen LogP contribution in [0.3, 0.4) is 0 Å². The lowest BCUT2D eigenvalue weighted by atomic mass is 10.1. The van der Waals surface area contributed by atoms with E-state index in [1.54, 1.807) is 0 Å². The third kappa shape index (κ3) is 3.93. The first-order chi connectivity index (χ1) is 9.11. The Hall–Kier alpha value is -1.09.